The van der Waals surface area contributed by atoms with Gasteiger partial charge in [-0.2, -0.15) is 0 Å². The molecule has 0 saturated heterocycles. The number of para-hydroxylation sites is 1. The van der Waals surface area contributed by atoms with E-state index in [0.29, 0.717) is 6.04 Å². The first kappa shape index (κ1) is 12.3. The van der Waals surface area contributed by atoms with Gasteiger partial charge in [-0.25, -0.2) is 0 Å². The van der Waals surface area contributed by atoms with Gasteiger partial charge in [-0.15, -0.1) is 0 Å². The fourth-order valence-corrected chi connectivity index (χ4v) is 2.94. The number of anilines is 1. The van der Waals surface area contributed by atoms with Gasteiger partial charge in [0.15, 0.2) is 0 Å². The summed E-state index contributed by atoms with van der Waals surface area (Å²) in [5, 5.41) is 3.69. The maximum atomic E-state index is 3.69. The minimum absolute atomic E-state index is 0.565. The number of hydrogen-bond acceptors (Lipinski definition) is 1. The van der Waals surface area contributed by atoms with Crippen LogP contribution in [0.15, 0.2) is 42.5 Å². The van der Waals surface area contributed by atoms with Gasteiger partial charge >= 0.3 is 0 Å². The molecule has 3 rings (SSSR count). The van der Waals surface area contributed by atoms with Crippen molar-refractivity contribution in [3.63, 3.8) is 0 Å². The Morgan fingerprint density at radius 2 is 1.95 bits per heavy atom. The molecule has 0 radical (unpaired) electrons. The van der Waals surface area contributed by atoms with E-state index in [2.05, 4.69) is 61.6 Å². The molecule has 98 valence electrons. The predicted molar refractivity (Wildman–Crippen MR) is 81.8 cm³/mol. The van der Waals surface area contributed by atoms with Crippen LogP contribution in [0.3, 0.4) is 0 Å². The molecule has 2 aromatic rings. The van der Waals surface area contributed by atoms with Gasteiger partial charge in [0.1, 0.15) is 0 Å². The molecule has 0 saturated carbocycles. The van der Waals surface area contributed by atoms with Crippen LogP contribution in [-0.2, 0) is 12.8 Å². The molecule has 0 bridgehead atoms. The van der Waals surface area contributed by atoms with Crippen molar-refractivity contribution in [1.29, 1.82) is 0 Å². The fraction of sp³-hybridized carbons (Fsp3) is 0.333. The summed E-state index contributed by atoms with van der Waals surface area (Å²) in [6, 6.07) is 16.0. The summed E-state index contributed by atoms with van der Waals surface area (Å²) >= 11 is 0. The second-order valence-electron chi connectivity index (χ2n) is 5.67. The largest absolute Gasteiger partial charge is 0.382 e. The summed E-state index contributed by atoms with van der Waals surface area (Å²) in [4.78, 5) is 0. The SMILES string of the molecule is Cc1ccc(C)c(CC2CCc3ccccc3N2)c1. The Kier molecular flexibility index (Phi) is 3.29. The first-order valence-electron chi connectivity index (χ1n) is 7.13. The average molecular weight is 251 g/mol. The quantitative estimate of drug-likeness (QED) is 0.840. The molecule has 1 heterocycles. The number of nitrogens with one attached hydrogen (secondary N) is 1. The Morgan fingerprint density at radius 1 is 1.11 bits per heavy atom. The van der Waals surface area contributed by atoms with Gasteiger partial charge in [-0.05, 0) is 55.9 Å². The molecule has 1 N–H and O–H groups in total. The number of hydrogen-bond donors (Lipinski definition) is 1. The van der Waals surface area contributed by atoms with Crippen LogP contribution in [0.1, 0.15) is 28.7 Å². The fourth-order valence-electron chi connectivity index (χ4n) is 2.94. The zero-order chi connectivity index (χ0) is 13.2. The van der Waals surface area contributed by atoms with E-state index in [1.165, 1.54) is 40.8 Å². The van der Waals surface area contributed by atoms with E-state index >= 15 is 0 Å². The van der Waals surface area contributed by atoms with Crippen LogP contribution < -0.4 is 5.32 Å². The third kappa shape index (κ3) is 2.65. The maximum Gasteiger partial charge on any atom is 0.0374 e. The highest BCUT2D eigenvalue weighted by atomic mass is 14.9. The molecule has 1 heteroatoms. The molecule has 0 aromatic heterocycles. The Balaban J connectivity index is 1.77. The molecule has 2 aromatic carbocycles. The van der Waals surface area contributed by atoms with E-state index < -0.39 is 0 Å². The summed E-state index contributed by atoms with van der Waals surface area (Å²) in [7, 11) is 0. The molecule has 1 unspecified atom stereocenters. The topological polar surface area (TPSA) is 12.0 Å². The van der Waals surface area contributed by atoms with Crippen molar-refractivity contribution in [3.05, 3.63) is 64.7 Å². The molecule has 1 aliphatic rings. The molecule has 0 aliphatic carbocycles. The van der Waals surface area contributed by atoms with E-state index in [1.54, 1.807) is 0 Å². The van der Waals surface area contributed by atoms with Crippen LogP contribution in [-0.4, -0.2) is 6.04 Å². The van der Waals surface area contributed by atoms with Crippen molar-refractivity contribution in [3.8, 4) is 0 Å². The van der Waals surface area contributed by atoms with Crippen LogP contribution in [0.25, 0.3) is 0 Å². The van der Waals surface area contributed by atoms with Crippen LogP contribution in [0.2, 0.25) is 0 Å². The zero-order valence-electron chi connectivity index (χ0n) is 11.7. The standard InChI is InChI=1S/C18H21N/c1-13-7-8-14(2)16(11-13)12-17-10-9-15-5-3-4-6-18(15)19-17/h3-8,11,17,19H,9-10,12H2,1-2H3. The van der Waals surface area contributed by atoms with Gasteiger partial charge < -0.3 is 5.32 Å². The number of benzene rings is 2. The molecule has 0 amide bonds. The molecule has 0 fully saturated rings. The minimum atomic E-state index is 0.565. The third-order valence-electron chi connectivity index (χ3n) is 4.11. The summed E-state index contributed by atoms with van der Waals surface area (Å²) in [5.41, 5.74) is 7.03. The Bertz CT molecular complexity index is 586. The molecular formula is C18H21N. The van der Waals surface area contributed by atoms with Crippen LogP contribution >= 0.6 is 0 Å². The lowest BCUT2D eigenvalue weighted by Crippen LogP contribution is -2.27. The highest BCUT2D eigenvalue weighted by molar-refractivity contribution is 5.54. The molecule has 1 aliphatic heterocycles. The van der Waals surface area contributed by atoms with E-state index in [9.17, 15) is 0 Å². The first-order valence-corrected chi connectivity index (χ1v) is 7.13. The Hall–Kier alpha value is -1.76. The summed E-state index contributed by atoms with van der Waals surface area (Å²) in [6.07, 6.45) is 3.55. The monoisotopic (exact) mass is 251 g/mol. The maximum absolute atomic E-state index is 3.69. The van der Waals surface area contributed by atoms with Gasteiger partial charge in [0.2, 0.25) is 0 Å². The lowest BCUT2D eigenvalue weighted by atomic mass is 9.92. The summed E-state index contributed by atoms with van der Waals surface area (Å²) in [6.45, 7) is 4.39. The van der Waals surface area contributed by atoms with Crippen molar-refractivity contribution < 1.29 is 0 Å². The van der Waals surface area contributed by atoms with E-state index in [4.69, 9.17) is 0 Å². The predicted octanol–water partition coefficient (Wildman–Crippen LogP) is 4.27. The van der Waals surface area contributed by atoms with Crippen molar-refractivity contribution in [2.24, 2.45) is 0 Å². The average Bonchev–Trinajstić information content (AvgIpc) is 2.43. The van der Waals surface area contributed by atoms with Crippen LogP contribution in [0, 0.1) is 13.8 Å². The van der Waals surface area contributed by atoms with Gasteiger partial charge in [-0.3, -0.25) is 0 Å². The minimum Gasteiger partial charge on any atom is -0.382 e. The second-order valence-corrected chi connectivity index (χ2v) is 5.67. The van der Waals surface area contributed by atoms with Crippen LogP contribution in [0.5, 0.6) is 0 Å². The first-order chi connectivity index (χ1) is 9.22. The van der Waals surface area contributed by atoms with Gasteiger partial charge in [0.25, 0.3) is 0 Å². The van der Waals surface area contributed by atoms with Crippen LogP contribution in [0.4, 0.5) is 5.69 Å². The normalized spacial score (nSPS) is 17.7. The van der Waals surface area contributed by atoms with Gasteiger partial charge in [0, 0.05) is 11.7 Å². The van der Waals surface area contributed by atoms with E-state index in [-0.39, 0.29) is 0 Å². The third-order valence-corrected chi connectivity index (χ3v) is 4.11. The van der Waals surface area contributed by atoms with E-state index in [1.807, 2.05) is 0 Å². The van der Waals surface area contributed by atoms with E-state index in [0.717, 1.165) is 6.42 Å². The number of aryl methyl sites for hydroxylation is 3. The lowest BCUT2D eigenvalue weighted by molar-refractivity contribution is 0.626. The molecule has 19 heavy (non-hydrogen) atoms. The molecule has 1 atom stereocenters. The van der Waals surface area contributed by atoms with Crippen molar-refractivity contribution >= 4 is 5.69 Å². The van der Waals surface area contributed by atoms with Crippen molar-refractivity contribution in [2.45, 2.75) is 39.2 Å². The zero-order valence-corrected chi connectivity index (χ0v) is 11.7. The van der Waals surface area contributed by atoms with Crippen molar-refractivity contribution in [2.75, 3.05) is 5.32 Å². The van der Waals surface area contributed by atoms with Gasteiger partial charge in [-0.1, -0.05) is 42.0 Å². The smallest absolute Gasteiger partial charge is 0.0374 e. The number of rotatable bonds is 2. The highest BCUT2D eigenvalue weighted by Crippen LogP contribution is 2.26. The Morgan fingerprint density at radius 3 is 2.84 bits per heavy atom. The number of fused-ring (bicyclic) bond motifs is 1. The highest BCUT2D eigenvalue weighted by Gasteiger charge is 2.17. The van der Waals surface area contributed by atoms with Crippen molar-refractivity contribution in [1.82, 2.24) is 0 Å². The molecular weight excluding hydrogens is 230 g/mol. The molecule has 1 nitrogen and oxygen atoms in total. The van der Waals surface area contributed by atoms with Gasteiger partial charge in [0.05, 0.1) is 0 Å². The molecule has 0 spiro atoms. The summed E-state index contributed by atoms with van der Waals surface area (Å²) in [5.74, 6) is 0. The Labute approximate surface area is 115 Å². The summed E-state index contributed by atoms with van der Waals surface area (Å²) < 4.78 is 0. The lowest BCUT2D eigenvalue weighted by Gasteiger charge is -2.27. The second kappa shape index (κ2) is 5.08.